The Morgan fingerprint density at radius 3 is 2.74 bits per heavy atom. The van der Waals surface area contributed by atoms with E-state index in [1.165, 1.54) is 23.5 Å². The van der Waals surface area contributed by atoms with Crippen molar-refractivity contribution >= 4 is 62.4 Å². The minimum absolute atomic E-state index is 0.00102. The first-order chi connectivity index (χ1) is 10.9. The molecular formula is C16H16N2OS4. The number of hydrogen-bond acceptors (Lipinski definition) is 5. The third-order valence-electron chi connectivity index (χ3n) is 3.42. The molecule has 0 aromatic heterocycles. The summed E-state index contributed by atoms with van der Waals surface area (Å²) in [5.41, 5.74) is 0.936. The van der Waals surface area contributed by atoms with Crippen LogP contribution in [0.5, 0.6) is 0 Å². The largest absolute Gasteiger partial charge is 0.298 e. The van der Waals surface area contributed by atoms with Crippen molar-refractivity contribution in [3.8, 4) is 0 Å². The van der Waals surface area contributed by atoms with Gasteiger partial charge in [0.1, 0.15) is 4.32 Å². The molecule has 0 radical (unpaired) electrons. The van der Waals surface area contributed by atoms with Crippen LogP contribution in [-0.4, -0.2) is 36.5 Å². The van der Waals surface area contributed by atoms with E-state index in [1.54, 1.807) is 4.90 Å². The highest BCUT2D eigenvalue weighted by atomic mass is 32.2. The molecule has 1 fully saturated rings. The Kier molecular flexibility index (Phi) is 6.60. The molecule has 1 aliphatic rings. The van der Waals surface area contributed by atoms with Crippen LogP contribution in [0.25, 0.3) is 4.85 Å². The van der Waals surface area contributed by atoms with E-state index in [2.05, 4.69) is 4.85 Å². The summed E-state index contributed by atoms with van der Waals surface area (Å²) in [4.78, 5) is 16.9. The molecule has 1 saturated heterocycles. The lowest BCUT2D eigenvalue weighted by molar-refractivity contribution is -0.127. The maximum atomic E-state index is 12.3. The second-order valence-electron chi connectivity index (χ2n) is 5.20. The fourth-order valence-electron chi connectivity index (χ4n) is 2.06. The molecule has 3 nitrogen and oxygen atoms in total. The van der Waals surface area contributed by atoms with Crippen molar-refractivity contribution in [3.63, 3.8) is 0 Å². The Bertz CT molecular complexity index is 656. The second kappa shape index (κ2) is 8.25. The topological polar surface area (TPSA) is 24.7 Å². The lowest BCUT2D eigenvalue weighted by Gasteiger charge is -2.19. The normalized spacial score (nSPS) is 16.7. The zero-order valence-electron chi connectivity index (χ0n) is 12.7. The van der Waals surface area contributed by atoms with Crippen molar-refractivity contribution in [2.75, 3.05) is 12.3 Å². The number of thiocarbonyl (C=S) groups is 2. The van der Waals surface area contributed by atoms with Gasteiger partial charge in [-0.1, -0.05) is 66.5 Å². The second-order valence-corrected chi connectivity index (χ2v) is 9.09. The van der Waals surface area contributed by atoms with Crippen LogP contribution in [0.15, 0.2) is 30.3 Å². The van der Waals surface area contributed by atoms with Crippen LogP contribution in [0, 0.1) is 6.57 Å². The maximum absolute atomic E-state index is 12.3. The number of amides is 1. The molecule has 0 saturated carbocycles. The fraction of sp³-hybridized carbons (Fsp3) is 0.375. The minimum atomic E-state index is -0.739. The molecule has 1 heterocycles. The number of carbonyl (C=O) groups excluding carboxylic acids is 1. The summed E-state index contributed by atoms with van der Waals surface area (Å²) in [5, 5.41) is 0. The lowest BCUT2D eigenvalue weighted by Crippen LogP contribution is -2.32. The maximum Gasteiger partial charge on any atom is 0.280 e. The van der Waals surface area contributed by atoms with Crippen LogP contribution in [-0.2, 0) is 4.79 Å². The van der Waals surface area contributed by atoms with Gasteiger partial charge < -0.3 is 0 Å². The van der Waals surface area contributed by atoms with Gasteiger partial charge in [-0.15, -0.1) is 0 Å². The van der Waals surface area contributed by atoms with E-state index in [4.69, 9.17) is 31.0 Å². The van der Waals surface area contributed by atoms with Gasteiger partial charge in [-0.3, -0.25) is 14.5 Å². The molecule has 0 aliphatic carbocycles. The van der Waals surface area contributed by atoms with Gasteiger partial charge in [0.2, 0.25) is 5.91 Å². The molecule has 0 bridgehead atoms. The molecule has 0 spiro atoms. The van der Waals surface area contributed by atoms with E-state index < -0.39 is 4.87 Å². The molecule has 2 rings (SSSR count). The third-order valence-corrected chi connectivity index (χ3v) is 6.49. The smallest absolute Gasteiger partial charge is 0.280 e. The highest BCUT2D eigenvalue weighted by Gasteiger charge is 2.35. The van der Waals surface area contributed by atoms with E-state index in [-0.39, 0.29) is 5.91 Å². The molecule has 1 aliphatic heterocycles. The molecular weight excluding hydrogens is 364 g/mol. The number of benzene rings is 1. The minimum Gasteiger partial charge on any atom is -0.298 e. The summed E-state index contributed by atoms with van der Waals surface area (Å²) in [6.45, 7) is 10.0. The van der Waals surface area contributed by atoms with Crippen molar-refractivity contribution in [1.82, 2.24) is 4.90 Å². The molecule has 1 aromatic rings. The van der Waals surface area contributed by atoms with E-state index in [0.717, 1.165) is 11.3 Å². The first kappa shape index (κ1) is 18.4. The Morgan fingerprint density at radius 2 is 2.17 bits per heavy atom. The van der Waals surface area contributed by atoms with Crippen molar-refractivity contribution < 1.29 is 4.79 Å². The molecule has 1 amide bonds. The highest BCUT2D eigenvalue weighted by molar-refractivity contribution is 8.24. The average Bonchev–Trinajstić information content (AvgIpc) is 2.99. The fourth-order valence-corrected chi connectivity index (χ4v) is 4.87. The summed E-state index contributed by atoms with van der Waals surface area (Å²) in [6, 6.07) is 9.65. The standard InChI is InChI=1S/C16H16N2OS4/c1-16(17-2,23-14(20)12-6-4-3-5-7-12)9-8-13(19)18-10-11-22-15(18)21/h3-7H,8-11H2,1H3. The molecule has 7 heteroatoms. The summed E-state index contributed by atoms with van der Waals surface area (Å²) in [5.74, 6) is 0.860. The van der Waals surface area contributed by atoms with Crippen LogP contribution in [0.3, 0.4) is 0 Å². The molecule has 1 atom stereocenters. The number of nitrogens with zero attached hydrogens (tertiary/aromatic N) is 2. The molecule has 1 unspecified atom stereocenters. The molecule has 0 N–H and O–H groups in total. The van der Waals surface area contributed by atoms with E-state index in [9.17, 15) is 4.79 Å². The summed E-state index contributed by atoms with van der Waals surface area (Å²) in [7, 11) is 0. The van der Waals surface area contributed by atoms with Crippen LogP contribution in [0.4, 0.5) is 0 Å². The van der Waals surface area contributed by atoms with Gasteiger partial charge in [0.15, 0.2) is 0 Å². The molecule has 23 heavy (non-hydrogen) atoms. The third kappa shape index (κ3) is 5.01. The van der Waals surface area contributed by atoms with Gasteiger partial charge in [0.05, 0.1) is 4.20 Å². The van der Waals surface area contributed by atoms with Crippen molar-refractivity contribution in [2.45, 2.75) is 24.6 Å². The Morgan fingerprint density at radius 1 is 1.48 bits per heavy atom. The predicted molar refractivity (Wildman–Crippen MR) is 107 cm³/mol. The zero-order chi connectivity index (χ0) is 16.9. The number of hydrogen-bond donors (Lipinski definition) is 0. The predicted octanol–water partition coefficient (Wildman–Crippen LogP) is 4.37. The summed E-state index contributed by atoms with van der Waals surface area (Å²) < 4.78 is 1.33. The highest BCUT2D eigenvalue weighted by Crippen LogP contribution is 2.35. The van der Waals surface area contributed by atoms with Gasteiger partial charge in [0.25, 0.3) is 4.87 Å². The van der Waals surface area contributed by atoms with Gasteiger partial charge in [-0.2, -0.15) is 0 Å². The van der Waals surface area contributed by atoms with E-state index >= 15 is 0 Å². The molecule has 1 aromatic carbocycles. The van der Waals surface area contributed by atoms with Crippen LogP contribution < -0.4 is 0 Å². The monoisotopic (exact) mass is 380 g/mol. The Hall–Kier alpha value is -0.940. The van der Waals surface area contributed by atoms with Gasteiger partial charge in [-0.25, -0.2) is 6.57 Å². The van der Waals surface area contributed by atoms with Crippen LogP contribution in [0.1, 0.15) is 25.3 Å². The van der Waals surface area contributed by atoms with E-state index in [1.807, 2.05) is 37.3 Å². The number of rotatable bonds is 5. The van der Waals surface area contributed by atoms with Crippen molar-refractivity contribution in [3.05, 3.63) is 47.3 Å². The van der Waals surface area contributed by atoms with Gasteiger partial charge in [0, 0.05) is 32.1 Å². The number of carbonyl (C=O) groups is 1. The number of thioether (sulfide) groups is 2. The molecule has 120 valence electrons. The van der Waals surface area contributed by atoms with Gasteiger partial charge in [-0.05, 0) is 17.3 Å². The quantitative estimate of drug-likeness (QED) is 0.558. The first-order valence-electron chi connectivity index (χ1n) is 7.09. The van der Waals surface area contributed by atoms with Crippen molar-refractivity contribution in [1.29, 1.82) is 0 Å². The zero-order valence-corrected chi connectivity index (χ0v) is 15.9. The lowest BCUT2D eigenvalue weighted by atomic mass is 10.1. The van der Waals surface area contributed by atoms with Crippen LogP contribution >= 0.6 is 48.0 Å². The first-order valence-corrected chi connectivity index (χ1v) is 9.71. The Balaban J connectivity index is 1.95. The van der Waals surface area contributed by atoms with E-state index in [0.29, 0.717) is 27.9 Å². The Labute approximate surface area is 156 Å². The summed E-state index contributed by atoms with van der Waals surface area (Å²) in [6.07, 6.45) is 0.765. The van der Waals surface area contributed by atoms with Gasteiger partial charge >= 0.3 is 0 Å². The average molecular weight is 381 g/mol. The summed E-state index contributed by atoms with van der Waals surface area (Å²) >= 11 is 13.5. The SMILES string of the molecule is [C-]#[N+]C(C)(CCC(=O)N1CCSC1=S)SC(=S)c1ccccc1. The van der Waals surface area contributed by atoms with Crippen LogP contribution in [0.2, 0.25) is 0 Å². The van der Waals surface area contributed by atoms with Crippen molar-refractivity contribution in [2.24, 2.45) is 0 Å².